The van der Waals surface area contributed by atoms with Crippen LogP contribution in [0.4, 0.5) is 0 Å². The summed E-state index contributed by atoms with van der Waals surface area (Å²) in [5.74, 6) is 0.673. The molecule has 3 nitrogen and oxygen atoms in total. The van der Waals surface area contributed by atoms with Gasteiger partial charge in [0, 0.05) is 19.3 Å². The lowest BCUT2D eigenvalue weighted by Crippen LogP contribution is -2.24. The first-order valence-electron chi connectivity index (χ1n) is 5.11. The minimum absolute atomic E-state index is 0.204. The highest BCUT2D eigenvalue weighted by molar-refractivity contribution is 5.64. The summed E-state index contributed by atoms with van der Waals surface area (Å²) in [5, 5.41) is 4.40. The first kappa shape index (κ1) is 9.46. The summed E-state index contributed by atoms with van der Waals surface area (Å²) in [6.07, 6.45) is 6.32. The number of aromatic nitrogens is 2. The van der Waals surface area contributed by atoms with Crippen LogP contribution in [0.15, 0.2) is 18.3 Å². The summed E-state index contributed by atoms with van der Waals surface area (Å²) >= 11 is 0. The number of aryl methyl sites for hydroxylation is 1. The molecule has 0 bridgehead atoms. The molecule has 0 saturated carbocycles. The van der Waals surface area contributed by atoms with Gasteiger partial charge in [-0.1, -0.05) is 13.0 Å². The molecule has 76 valence electrons. The molecule has 2 unspecified atom stereocenters. The van der Waals surface area contributed by atoms with Crippen LogP contribution in [0.3, 0.4) is 0 Å². The van der Waals surface area contributed by atoms with E-state index in [4.69, 9.17) is 5.73 Å². The third kappa shape index (κ3) is 1.87. The third-order valence-corrected chi connectivity index (χ3v) is 2.70. The Kier molecular flexibility index (Phi) is 2.42. The lowest BCUT2D eigenvalue weighted by molar-refractivity contribution is 0.494. The summed E-state index contributed by atoms with van der Waals surface area (Å²) < 4.78 is 1.83. The summed E-state index contributed by atoms with van der Waals surface area (Å²) in [6.45, 7) is 2.25. The highest BCUT2D eigenvalue weighted by Gasteiger charge is 2.18. The van der Waals surface area contributed by atoms with Gasteiger partial charge in [-0.05, 0) is 30.4 Å². The van der Waals surface area contributed by atoms with Crippen molar-refractivity contribution in [1.82, 2.24) is 9.78 Å². The molecule has 1 aromatic heterocycles. The van der Waals surface area contributed by atoms with Crippen molar-refractivity contribution in [3.8, 4) is 0 Å². The Labute approximate surface area is 84.6 Å². The number of hydrogen-bond donors (Lipinski definition) is 1. The predicted octanol–water partition coefficient (Wildman–Crippen LogP) is 1.56. The van der Waals surface area contributed by atoms with E-state index in [1.165, 1.54) is 5.57 Å². The highest BCUT2D eigenvalue weighted by atomic mass is 15.2. The van der Waals surface area contributed by atoms with E-state index in [1.807, 2.05) is 17.9 Å². The van der Waals surface area contributed by atoms with Crippen LogP contribution in [-0.2, 0) is 7.05 Å². The summed E-state index contributed by atoms with van der Waals surface area (Å²) in [7, 11) is 1.94. The van der Waals surface area contributed by atoms with Crippen LogP contribution in [0.25, 0.3) is 5.57 Å². The van der Waals surface area contributed by atoms with Gasteiger partial charge in [-0.15, -0.1) is 0 Å². The Balaban J connectivity index is 2.25. The minimum atomic E-state index is 0.204. The second kappa shape index (κ2) is 3.58. The molecule has 3 heteroatoms. The van der Waals surface area contributed by atoms with Crippen molar-refractivity contribution in [1.29, 1.82) is 0 Å². The van der Waals surface area contributed by atoms with Gasteiger partial charge >= 0.3 is 0 Å². The van der Waals surface area contributed by atoms with Crippen molar-refractivity contribution < 1.29 is 0 Å². The van der Waals surface area contributed by atoms with Crippen LogP contribution in [0, 0.1) is 5.92 Å². The maximum Gasteiger partial charge on any atom is 0.0880 e. The maximum atomic E-state index is 5.95. The van der Waals surface area contributed by atoms with Gasteiger partial charge in [0.2, 0.25) is 0 Å². The molecule has 1 aliphatic rings. The summed E-state index contributed by atoms with van der Waals surface area (Å²) in [6, 6.07) is 2.26. The Morgan fingerprint density at radius 2 is 2.36 bits per heavy atom. The molecule has 0 aliphatic heterocycles. The fourth-order valence-corrected chi connectivity index (χ4v) is 2.09. The Morgan fingerprint density at radius 1 is 1.57 bits per heavy atom. The van der Waals surface area contributed by atoms with E-state index in [2.05, 4.69) is 24.2 Å². The Morgan fingerprint density at radius 3 is 2.93 bits per heavy atom. The van der Waals surface area contributed by atoms with Gasteiger partial charge in [0.1, 0.15) is 0 Å². The number of rotatable bonds is 1. The zero-order chi connectivity index (χ0) is 10.1. The van der Waals surface area contributed by atoms with Gasteiger partial charge in [-0.2, -0.15) is 5.10 Å². The SMILES string of the molecule is CC1CC(c2ccn(C)n2)=CC(N)C1. The molecule has 0 spiro atoms. The highest BCUT2D eigenvalue weighted by Crippen LogP contribution is 2.28. The zero-order valence-electron chi connectivity index (χ0n) is 8.77. The Bertz CT molecular complexity index is 351. The molecule has 1 aliphatic carbocycles. The monoisotopic (exact) mass is 191 g/mol. The van der Waals surface area contributed by atoms with Gasteiger partial charge in [-0.25, -0.2) is 0 Å². The van der Waals surface area contributed by atoms with Gasteiger partial charge in [0.15, 0.2) is 0 Å². The van der Waals surface area contributed by atoms with Crippen molar-refractivity contribution >= 4 is 5.57 Å². The molecule has 0 radical (unpaired) electrons. The van der Waals surface area contributed by atoms with Crippen LogP contribution in [0.5, 0.6) is 0 Å². The third-order valence-electron chi connectivity index (χ3n) is 2.70. The van der Waals surface area contributed by atoms with E-state index in [0.29, 0.717) is 5.92 Å². The average molecular weight is 191 g/mol. The quantitative estimate of drug-likeness (QED) is 0.732. The van der Waals surface area contributed by atoms with E-state index in [-0.39, 0.29) is 6.04 Å². The fraction of sp³-hybridized carbons (Fsp3) is 0.545. The lowest BCUT2D eigenvalue weighted by atomic mass is 9.86. The van der Waals surface area contributed by atoms with Crippen LogP contribution >= 0.6 is 0 Å². The Hall–Kier alpha value is -1.09. The van der Waals surface area contributed by atoms with E-state index in [9.17, 15) is 0 Å². The predicted molar refractivity (Wildman–Crippen MR) is 57.6 cm³/mol. The largest absolute Gasteiger partial charge is 0.324 e. The van der Waals surface area contributed by atoms with Crippen molar-refractivity contribution in [2.24, 2.45) is 18.7 Å². The second-order valence-corrected chi connectivity index (χ2v) is 4.28. The summed E-state index contributed by atoms with van der Waals surface area (Å²) in [4.78, 5) is 0. The van der Waals surface area contributed by atoms with E-state index in [1.54, 1.807) is 0 Å². The number of hydrogen-bond acceptors (Lipinski definition) is 2. The van der Waals surface area contributed by atoms with Gasteiger partial charge in [0.05, 0.1) is 5.69 Å². The van der Waals surface area contributed by atoms with Crippen LogP contribution < -0.4 is 5.73 Å². The molecular formula is C11H17N3. The zero-order valence-corrected chi connectivity index (χ0v) is 8.77. The number of nitrogens with two attached hydrogens (primary N) is 1. The van der Waals surface area contributed by atoms with E-state index in [0.717, 1.165) is 18.5 Å². The van der Waals surface area contributed by atoms with Crippen LogP contribution in [0.2, 0.25) is 0 Å². The maximum absolute atomic E-state index is 5.95. The molecule has 1 heterocycles. The number of allylic oxidation sites excluding steroid dienone is 1. The molecule has 1 aromatic rings. The average Bonchev–Trinajstić information content (AvgIpc) is 2.50. The molecule has 0 fully saturated rings. The van der Waals surface area contributed by atoms with Crippen LogP contribution in [0.1, 0.15) is 25.5 Å². The molecule has 2 atom stereocenters. The molecule has 2 N–H and O–H groups in total. The molecule has 2 rings (SSSR count). The fourth-order valence-electron chi connectivity index (χ4n) is 2.09. The van der Waals surface area contributed by atoms with E-state index >= 15 is 0 Å². The smallest absolute Gasteiger partial charge is 0.0880 e. The topological polar surface area (TPSA) is 43.8 Å². The molecule has 0 saturated heterocycles. The van der Waals surface area contributed by atoms with Gasteiger partial charge in [0.25, 0.3) is 0 Å². The standard InChI is InChI=1S/C11H17N3/c1-8-5-9(7-10(12)6-8)11-3-4-14(2)13-11/h3-4,7-8,10H,5-6,12H2,1-2H3. The van der Waals surface area contributed by atoms with Crippen molar-refractivity contribution in [2.45, 2.75) is 25.8 Å². The molecule has 0 amide bonds. The first-order valence-corrected chi connectivity index (χ1v) is 5.11. The van der Waals surface area contributed by atoms with Crippen molar-refractivity contribution in [3.63, 3.8) is 0 Å². The first-order chi connectivity index (χ1) is 6.65. The minimum Gasteiger partial charge on any atom is -0.324 e. The lowest BCUT2D eigenvalue weighted by Gasteiger charge is -2.22. The van der Waals surface area contributed by atoms with Crippen molar-refractivity contribution in [3.05, 3.63) is 24.0 Å². The summed E-state index contributed by atoms with van der Waals surface area (Å²) in [5.41, 5.74) is 8.33. The van der Waals surface area contributed by atoms with Gasteiger partial charge < -0.3 is 5.73 Å². The van der Waals surface area contributed by atoms with Crippen LogP contribution in [-0.4, -0.2) is 15.8 Å². The van der Waals surface area contributed by atoms with E-state index < -0.39 is 0 Å². The second-order valence-electron chi connectivity index (χ2n) is 4.28. The number of nitrogens with zero attached hydrogens (tertiary/aromatic N) is 2. The molecular weight excluding hydrogens is 174 g/mol. The molecule has 0 aromatic carbocycles. The normalized spacial score (nSPS) is 27.5. The van der Waals surface area contributed by atoms with Crippen molar-refractivity contribution in [2.75, 3.05) is 0 Å². The molecule has 14 heavy (non-hydrogen) atoms. The van der Waals surface area contributed by atoms with Gasteiger partial charge in [-0.3, -0.25) is 4.68 Å².